The van der Waals surface area contributed by atoms with Crippen molar-refractivity contribution in [2.24, 2.45) is 0 Å². The van der Waals surface area contributed by atoms with Crippen LogP contribution in [-0.2, 0) is 16.2 Å². The third-order valence-corrected chi connectivity index (χ3v) is 5.82. The fourth-order valence-electron chi connectivity index (χ4n) is 3.61. The highest BCUT2D eigenvalue weighted by molar-refractivity contribution is 9.10. The molecule has 3 aromatic carbocycles. The van der Waals surface area contributed by atoms with E-state index in [0.29, 0.717) is 32.8 Å². The van der Waals surface area contributed by atoms with Gasteiger partial charge in [-0.05, 0) is 42.5 Å². The highest BCUT2D eigenvalue weighted by atomic mass is 79.9. The molecular weight excluding hydrogens is 523 g/mol. The number of barbiturate groups is 1. The monoisotopic (exact) mass is 538 g/mol. The van der Waals surface area contributed by atoms with Gasteiger partial charge in [-0.3, -0.25) is 14.9 Å². The molecule has 3 aromatic rings. The van der Waals surface area contributed by atoms with E-state index in [2.05, 4.69) is 21.2 Å². The van der Waals surface area contributed by atoms with E-state index in [0.717, 1.165) is 4.90 Å². The number of benzene rings is 3. The van der Waals surface area contributed by atoms with Gasteiger partial charge in [0.1, 0.15) is 23.7 Å². The summed E-state index contributed by atoms with van der Waals surface area (Å²) in [6.07, 6.45) is 1.32. The maximum absolute atomic E-state index is 14.0. The first-order chi connectivity index (χ1) is 16.9. The predicted octanol–water partition coefficient (Wildman–Crippen LogP) is 4.56. The number of fused-ring (bicyclic) bond motifs is 1. The minimum atomic E-state index is -0.888. The second-order valence-corrected chi connectivity index (χ2v) is 8.47. The van der Waals surface area contributed by atoms with E-state index >= 15 is 0 Å². The zero-order valence-corrected chi connectivity index (χ0v) is 19.5. The Hall–Kier alpha value is -4.18. The van der Waals surface area contributed by atoms with Crippen molar-refractivity contribution < 1.29 is 33.0 Å². The Morgan fingerprint density at radius 2 is 1.83 bits per heavy atom. The van der Waals surface area contributed by atoms with Crippen LogP contribution in [-0.4, -0.2) is 24.6 Å². The molecule has 0 aliphatic carbocycles. The maximum atomic E-state index is 14.0. The van der Waals surface area contributed by atoms with Gasteiger partial charge in [0.25, 0.3) is 11.8 Å². The summed E-state index contributed by atoms with van der Waals surface area (Å²) < 4.78 is 31.0. The van der Waals surface area contributed by atoms with E-state index in [-0.39, 0.29) is 24.7 Å². The number of hydrogen-bond donors (Lipinski definition) is 1. The lowest BCUT2D eigenvalue weighted by atomic mass is 10.1. The van der Waals surface area contributed by atoms with E-state index < -0.39 is 23.7 Å². The van der Waals surface area contributed by atoms with Crippen LogP contribution in [0.5, 0.6) is 17.2 Å². The zero-order chi connectivity index (χ0) is 24.5. The molecule has 0 unspecified atom stereocenters. The number of imide groups is 2. The van der Waals surface area contributed by atoms with Gasteiger partial charge in [0.05, 0.1) is 5.69 Å². The zero-order valence-electron chi connectivity index (χ0n) is 17.9. The van der Waals surface area contributed by atoms with Crippen LogP contribution in [0.25, 0.3) is 6.08 Å². The molecule has 0 atom stereocenters. The first kappa shape index (κ1) is 22.6. The maximum Gasteiger partial charge on any atom is 0.335 e. The van der Waals surface area contributed by atoms with Crippen LogP contribution in [0, 0.1) is 5.82 Å². The molecule has 5 rings (SSSR count). The van der Waals surface area contributed by atoms with E-state index in [1.54, 1.807) is 42.5 Å². The average Bonchev–Trinajstić information content (AvgIpc) is 3.30. The number of rotatable bonds is 5. The fraction of sp³-hybridized carbons (Fsp3) is 0.0800. The molecule has 0 aromatic heterocycles. The van der Waals surface area contributed by atoms with Crippen LogP contribution < -0.4 is 24.4 Å². The molecule has 10 heteroatoms. The summed E-state index contributed by atoms with van der Waals surface area (Å²) in [6, 6.07) is 14.9. The minimum absolute atomic E-state index is 0.0289. The summed E-state index contributed by atoms with van der Waals surface area (Å²) in [5, 5.41) is 2.18. The van der Waals surface area contributed by atoms with Gasteiger partial charge >= 0.3 is 6.03 Å². The second kappa shape index (κ2) is 9.22. The van der Waals surface area contributed by atoms with E-state index in [9.17, 15) is 18.8 Å². The number of carbonyl (C=O) groups excluding carboxylic acids is 3. The van der Waals surface area contributed by atoms with E-state index in [1.807, 2.05) is 0 Å². The molecule has 35 heavy (non-hydrogen) atoms. The van der Waals surface area contributed by atoms with Crippen molar-refractivity contribution >= 4 is 45.5 Å². The first-order valence-electron chi connectivity index (χ1n) is 10.4. The Balaban J connectivity index is 1.47. The van der Waals surface area contributed by atoms with Gasteiger partial charge in [0, 0.05) is 21.7 Å². The number of amides is 4. The highest BCUT2D eigenvalue weighted by Crippen LogP contribution is 2.36. The number of anilines is 1. The van der Waals surface area contributed by atoms with Gasteiger partial charge in [-0.15, -0.1) is 0 Å². The molecule has 8 nitrogen and oxygen atoms in total. The van der Waals surface area contributed by atoms with Gasteiger partial charge in [0.2, 0.25) is 6.79 Å². The summed E-state index contributed by atoms with van der Waals surface area (Å²) in [5.41, 5.74) is 0.658. The molecule has 2 aliphatic rings. The van der Waals surface area contributed by atoms with Crippen molar-refractivity contribution in [1.29, 1.82) is 0 Å². The van der Waals surface area contributed by atoms with Crippen molar-refractivity contribution in [3.8, 4) is 17.2 Å². The number of carbonyl (C=O) groups is 3. The SMILES string of the molecule is O=C1NC(=O)N(c2ccc3c(c2)OCO3)C(=O)/C1=C/c1cc(Br)ccc1OCc1ccccc1F. The Labute approximate surface area is 207 Å². The molecule has 0 spiro atoms. The van der Waals surface area contributed by atoms with Crippen LogP contribution in [0.1, 0.15) is 11.1 Å². The van der Waals surface area contributed by atoms with Crippen LogP contribution in [0.15, 0.2) is 70.7 Å². The van der Waals surface area contributed by atoms with Gasteiger partial charge in [-0.1, -0.05) is 34.1 Å². The Kier molecular flexibility index (Phi) is 5.96. The number of halogens is 2. The van der Waals surface area contributed by atoms with Crippen molar-refractivity contribution in [3.63, 3.8) is 0 Å². The summed E-state index contributed by atoms with van der Waals surface area (Å²) in [5.74, 6) is -0.910. The highest BCUT2D eigenvalue weighted by Gasteiger charge is 2.37. The first-order valence-corrected chi connectivity index (χ1v) is 11.2. The van der Waals surface area contributed by atoms with Crippen molar-refractivity contribution in [3.05, 3.63) is 87.7 Å². The predicted molar refractivity (Wildman–Crippen MR) is 126 cm³/mol. The van der Waals surface area contributed by atoms with Crippen LogP contribution in [0.4, 0.5) is 14.9 Å². The molecule has 0 bridgehead atoms. The Bertz CT molecular complexity index is 1410. The number of nitrogens with zero attached hydrogens (tertiary/aromatic N) is 1. The molecule has 2 aliphatic heterocycles. The molecule has 2 heterocycles. The molecule has 0 radical (unpaired) electrons. The minimum Gasteiger partial charge on any atom is -0.488 e. The summed E-state index contributed by atoms with van der Waals surface area (Å²) in [6.45, 7) is -0.0342. The molecule has 1 N–H and O–H groups in total. The lowest BCUT2D eigenvalue weighted by Crippen LogP contribution is -2.54. The lowest BCUT2D eigenvalue weighted by molar-refractivity contribution is -0.122. The summed E-state index contributed by atoms with van der Waals surface area (Å²) in [7, 11) is 0. The summed E-state index contributed by atoms with van der Waals surface area (Å²) >= 11 is 3.37. The Morgan fingerprint density at radius 1 is 1.03 bits per heavy atom. The van der Waals surface area contributed by atoms with Crippen molar-refractivity contribution in [1.82, 2.24) is 5.32 Å². The number of hydrogen-bond acceptors (Lipinski definition) is 6. The third-order valence-electron chi connectivity index (χ3n) is 5.33. The van der Waals surface area contributed by atoms with Gasteiger partial charge in [-0.2, -0.15) is 0 Å². The average molecular weight is 539 g/mol. The lowest BCUT2D eigenvalue weighted by Gasteiger charge is -2.26. The molecule has 1 fully saturated rings. The number of ether oxygens (including phenoxy) is 3. The molecule has 0 saturated carbocycles. The number of nitrogens with one attached hydrogen (secondary N) is 1. The third kappa shape index (κ3) is 4.47. The standard InChI is InChI=1S/C25H16BrFN2O6/c26-16-5-7-20(33-12-14-3-1-2-4-19(14)27)15(9-16)10-18-23(30)28-25(32)29(24(18)31)17-6-8-21-22(11-17)35-13-34-21/h1-11H,12-13H2,(H,28,30,32)/b18-10+. The molecule has 176 valence electrons. The largest absolute Gasteiger partial charge is 0.488 e. The quantitative estimate of drug-likeness (QED) is 0.378. The topological polar surface area (TPSA) is 94.2 Å². The van der Waals surface area contributed by atoms with E-state index in [4.69, 9.17) is 14.2 Å². The number of urea groups is 1. The van der Waals surface area contributed by atoms with Gasteiger partial charge in [0.15, 0.2) is 11.5 Å². The normalized spacial score (nSPS) is 16.0. The van der Waals surface area contributed by atoms with Crippen LogP contribution in [0.2, 0.25) is 0 Å². The summed E-state index contributed by atoms with van der Waals surface area (Å²) in [4.78, 5) is 39.3. The van der Waals surface area contributed by atoms with Crippen LogP contribution >= 0.6 is 15.9 Å². The van der Waals surface area contributed by atoms with Crippen molar-refractivity contribution in [2.75, 3.05) is 11.7 Å². The molecule has 4 amide bonds. The fourth-order valence-corrected chi connectivity index (χ4v) is 3.99. The van der Waals surface area contributed by atoms with E-state index in [1.165, 1.54) is 24.3 Å². The van der Waals surface area contributed by atoms with Crippen LogP contribution in [0.3, 0.4) is 0 Å². The molecular formula is C25H16BrFN2O6. The Morgan fingerprint density at radius 3 is 2.66 bits per heavy atom. The van der Waals surface area contributed by atoms with Gasteiger partial charge in [-0.25, -0.2) is 14.1 Å². The molecule has 1 saturated heterocycles. The second-order valence-electron chi connectivity index (χ2n) is 7.56. The van der Waals surface area contributed by atoms with Crippen molar-refractivity contribution in [2.45, 2.75) is 6.61 Å². The van der Waals surface area contributed by atoms with Gasteiger partial charge < -0.3 is 14.2 Å². The smallest absolute Gasteiger partial charge is 0.335 e.